The quantitative estimate of drug-likeness (QED) is 0.848. The number of methoxy groups -OCH3 is 1. The molecule has 0 spiro atoms. The number of nitrogens with one attached hydrogen (secondary N) is 1. The zero-order chi connectivity index (χ0) is 14.5. The van der Waals surface area contributed by atoms with Crippen molar-refractivity contribution in [1.82, 2.24) is 15.1 Å². The Morgan fingerprint density at radius 1 is 1.65 bits per heavy atom. The van der Waals surface area contributed by atoms with Crippen molar-refractivity contribution in [3.63, 3.8) is 0 Å². The van der Waals surface area contributed by atoms with E-state index in [9.17, 15) is 4.79 Å². The summed E-state index contributed by atoms with van der Waals surface area (Å²) >= 11 is 6.10. The number of likely N-dealkylation sites (N-methyl/N-ethyl adjacent to an activating group) is 1. The van der Waals surface area contributed by atoms with Crippen LogP contribution in [0.5, 0.6) is 0 Å². The molecule has 1 aromatic heterocycles. The molecule has 2 rings (SSSR count). The normalized spacial score (nSPS) is 19.0. The molecule has 0 saturated carbocycles. The largest absolute Gasteiger partial charge is 0.383 e. The lowest BCUT2D eigenvalue weighted by molar-refractivity contribution is 0.158. The first-order valence-electron chi connectivity index (χ1n) is 6.80. The molecule has 6 nitrogen and oxygen atoms in total. The summed E-state index contributed by atoms with van der Waals surface area (Å²) in [5, 5.41) is 6.44. The third-order valence-corrected chi connectivity index (χ3v) is 4.03. The van der Waals surface area contributed by atoms with Crippen LogP contribution in [0.15, 0.2) is 11.0 Å². The molecule has 112 valence electrons. The molecule has 1 fully saturated rings. The van der Waals surface area contributed by atoms with Crippen LogP contribution in [0.2, 0.25) is 5.02 Å². The van der Waals surface area contributed by atoms with Crippen LogP contribution in [-0.4, -0.2) is 61.5 Å². The minimum absolute atomic E-state index is 0.228. The second-order valence-corrected chi connectivity index (χ2v) is 5.52. The van der Waals surface area contributed by atoms with Crippen molar-refractivity contribution in [3.8, 4) is 0 Å². The third-order valence-electron chi connectivity index (χ3n) is 3.66. The fourth-order valence-corrected chi connectivity index (χ4v) is 2.81. The first-order valence-corrected chi connectivity index (χ1v) is 7.18. The molecule has 1 atom stereocenters. The molecule has 0 aliphatic carbocycles. The van der Waals surface area contributed by atoms with Crippen molar-refractivity contribution in [2.45, 2.75) is 18.9 Å². The summed E-state index contributed by atoms with van der Waals surface area (Å²) in [4.78, 5) is 16.0. The molecule has 7 heteroatoms. The highest BCUT2D eigenvalue weighted by atomic mass is 35.5. The van der Waals surface area contributed by atoms with Gasteiger partial charge in [-0.3, -0.25) is 4.79 Å². The van der Waals surface area contributed by atoms with Gasteiger partial charge in [0.05, 0.1) is 18.5 Å². The maximum Gasteiger partial charge on any atom is 0.285 e. The van der Waals surface area contributed by atoms with E-state index in [-0.39, 0.29) is 10.6 Å². The molecule has 1 aliphatic rings. The summed E-state index contributed by atoms with van der Waals surface area (Å²) in [5.74, 6) is 0. The van der Waals surface area contributed by atoms with Crippen molar-refractivity contribution in [2.75, 3.05) is 45.3 Å². The molecule has 2 heterocycles. The predicted molar refractivity (Wildman–Crippen MR) is 79.6 cm³/mol. The zero-order valence-electron chi connectivity index (χ0n) is 11.9. The van der Waals surface area contributed by atoms with Gasteiger partial charge < -0.3 is 14.5 Å². The van der Waals surface area contributed by atoms with Crippen LogP contribution in [0.25, 0.3) is 0 Å². The van der Waals surface area contributed by atoms with Crippen LogP contribution in [0.3, 0.4) is 0 Å². The van der Waals surface area contributed by atoms with E-state index < -0.39 is 0 Å². The van der Waals surface area contributed by atoms with Gasteiger partial charge in [0.1, 0.15) is 5.02 Å². The summed E-state index contributed by atoms with van der Waals surface area (Å²) in [6.07, 6.45) is 3.84. The number of aromatic nitrogens is 2. The molecule has 0 amide bonds. The summed E-state index contributed by atoms with van der Waals surface area (Å²) in [5.41, 5.74) is 0.403. The first kappa shape index (κ1) is 15.3. The number of H-pyrrole nitrogens is 1. The van der Waals surface area contributed by atoms with Crippen LogP contribution in [0.4, 0.5) is 5.69 Å². The number of rotatable bonds is 6. The molecule has 20 heavy (non-hydrogen) atoms. The van der Waals surface area contributed by atoms with Crippen molar-refractivity contribution in [1.29, 1.82) is 0 Å². The third kappa shape index (κ3) is 3.50. The van der Waals surface area contributed by atoms with Gasteiger partial charge in [0.15, 0.2) is 0 Å². The van der Waals surface area contributed by atoms with Crippen LogP contribution >= 0.6 is 11.6 Å². The number of hydrogen-bond donors (Lipinski definition) is 1. The predicted octanol–water partition coefficient (Wildman–Crippen LogP) is 0.970. The lowest BCUT2D eigenvalue weighted by Crippen LogP contribution is -2.40. The fourth-order valence-electron chi connectivity index (χ4n) is 2.62. The Morgan fingerprint density at radius 3 is 3.20 bits per heavy atom. The zero-order valence-corrected chi connectivity index (χ0v) is 12.7. The molecule has 1 N–H and O–H groups in total. The highest BCUT2D eigenvalue weighted by Crippen LogP contribution is 2.29. The molecule has 1 saturated heterocycles. The molecule has 0 unspecified atom stereocenters. The molecule has 0 radical (unpaired) electrons. The van der Waals surface area contributed by atoms with Crippen LogP contribution in [0, 0.1) is 0 Å². The van der Waals surface area contributed by atoms with Crippen LogP contribution < -0.4 is 10.5 Å². The van der Waals surface area contributed by atoms with Gasteiger partial charge in [-0.15, -0.1) is 0 Å². The Bertz CT molecular complexity index is 494. The second kappa shape index (κ2) is 7.06. The number of aromatic amines is 1. The number of ether oxygens (including phenoxy) is 1. The Hall–Kier alpha value is -1.11. The number of anilines is 1. The van der Waals surface area contributed by atoms with Crippen molar-refractivity contribution < 1.29 is 4.74 Å². The average Bonchev–Trinajstić information content (AvgIpc) is 2.87. The standard InChI is InChI=1S/C13H21ClN4O2/c1-17(6-7-20-2)9-10-4-3-5-18(10)11-8-15-16-13(19)12(11)14/h8,10H,3-7,9H2,1-2H3,(H,16,19)/t10-/m0/s1. The van der Waals surface area contributed by atoms with Gasteiger partial charge >= 0.3 is 0 Å². The average molecular weight is 301 g/mol. The van der Waals surface area contributed by atoms with Crippen LogP contribution in [-0.2, 0) is 4.74 Å². The Morgan fingerprint density at radius 2 is 2.45 bits per heavy atom. The SMILES string of the molecule is COCCN(C)C[C@@H]1CCCN1c1cn[nH]c(=O)c1Cl. The molecule has 1 aliphatic heterocycles. The van der Waals surface area contributed by atoms with E-state index in [1.54, 1.807) is 13.3 Å². The molecular formula is C13H21ClN4O2. The van der Waals surface area contributed by atoms with E-state index in [0.29, 0.717) is 6.04 Å². The van der Waals surface area contributed by atoms with Gasteiger partial charge in [-0.2, -0.15) is 5.10 Å². The number of hydrogen-bond acceptors (Lipinski definition) is 5. The van der Waals surface area contributed by atoms with Gasteiger partial charge in [-0.25, -0.2) is 5.10 Å². The molecular weight excluding hydrogens is 280 g/mol. The van der Waals surface area contributed by atoms with E-state index in [1.807, 2.05) is 0 Å². The molecule has 0 bridgehead atoms. The van der Waals surface area contributed by atoms with Gasteiger partial charge in [0, 0.05) is 32.8 Å². The Kier molecular flexibility index (Phi) is 5.39. The van der Waals surface area contributed by atoms with Gasteiger partial charge in [0.25, 0.3) is 5.56 Å². The van der Waals surface area contributed by atoms with Crippen LogP contribution in [0.1, 0.15) is 12.8 Å². The molecule has 0 aromatic carbocycles. The molecule has 1 aromatic rings. The maximum absolute atomic E-state index is 11.6. The van der Waals surface area contributed by atoms with E-state index in [0.717, 1.165) is 44.8 Å². The first-order chi connectivity index (χ1) is 9.63. The smallest absolute Gasteiger partial charge is 0.285 e. The van der Waals surface area contributed by atoms with Crippen molar-refractivity contribution in [3.05, 3.63) is 21.6 Å². The van der Waals surface area contributed by atoms with Gasteiger partial charge in [-0.1, -0.05) is 11.6 Å². The Balaban J connectivity index is 2.07. The van der Waals surface area contributed by atoms with Gasteiger partial charge in [0.2, 0.25) is 0 Å². The topological polar surface area (TPSA) is 61.5 Å². The highest BCUT2D eigenvalue weighted by molar-refractivity contribution is 6.33. The summed E-state index contributed by atoms with van der Waals surface area (Å²) in [6.45, 7) is 3.44. The van der Waals surface area contributed by atoms with E-state index in [2.05, 4.69) is 27.0 Å². The summed E-state index contributed by atoms with van der Waals surface area (Å²) < 4.78 is 5.09. The van der Waals surface area contributed by atoms with Crippen molar-refractivity contribution >= 4 is 17.3 Å². The maximum atomic E-state index is 11.6. The van der Waals surface area contributed by atoms with E-state index in [4.69, 9.17) is 16.3 Å². The number of halogens is 1. The van der Waals surface area contributed by atoms with Gasteiger partial charge in [-0.05, 0) is 19.9 Å². The summed E-state index contributed by atoms with van der Waals surface area (Å²) in [6, 6.07) is 0.359. The Labute approximate surface area is 123 Å². The highest BCUT2D eigenvalue weighted by Gasteiger charge is 2.28. The fraction of sp³-hybridized carbons (Fsp3) is 0.692. The minimum Gasteiger partial charge on any atom is -0.383 e. The minimum atomic E-state index is -0.331. The monoisotopic (exact) mass is 300 g/mol. The van der Waals surface area contributed by atoms with E-state index in [1.165, 1.54) is 0 Å². The summed E-state index contributed by atoms with van der Waals surface area (Å²) in [7, 11) is 3.78. The number of nitrogens with zero attached hydrogens (tertiary/aromatic N) is 3. The second-order valence-electron chi connectivity index (χ2n) is 5.14. The lowest BCUT2D eigenvalue weighted by atomic mass is 10.2. The van der Waals surface area contributed by atoms with Crippen molar-refractivity contribution in [2.24, 2.45) is 0 Å². The van der Waals surface area contributed by atoms with E-state index >= 15 is 0 Å². The lowest BCUT2D eigenvalue weighted by Gasteiger charge is -2.30.